The zero-order chi connectivity index (χ0) is 19.2. The number of aryl methyl sites for hydroxylation is 2. The molecule has 0 fully saturated rings. The number of rotatable bonds is 7. The second kappa shape index (κ2) is 8.54. The van der Waals surface area contributed by atoms with E-state index in [0.717, 1.165) is 18.2 Å². The molecule has 0 aliphatic heterocycles. The Balaban J connectivity index is 1.48. The summed E-state index contributed by atoms with van der Waals surface area (Å²) in [4.78, 5) is 24.3. The summed E-state index contributed by atoms with van der Waals surface area (Å²) >= 11 is 0. The van der Waals surface area contributed by atoms with E-state index in [1.54, 1.807) is 13.0 Å². The van der Waals surface area contributed by atoms with Gasteiger partial charge in [-0.2, -0.15) is 0 Å². The van der Waals surface area contributed by atoms with Crippen LogP contribution in [-0.4, -0.2) is 24.5 Å². The minimum absolute atomic E-state index is 0.00987. The highest BCUT2D eigenvalue weighted by Gasteiger charge is 2.20. The van der Waals surface area contributed by atoms with Crippen LogP contribution in [0.2, 0.25) is 0 Å². The number of benzene rings is 2. The number of carbonyl (C=O) groups is 2. The van der Waals surface area contributed by atoms with Gasteiger partial charge in [0.1, 0.15) is 5.58 Å². The zero-order valence-corrected chi connectivity index (χ0v) is 15.5. The van der Waals surface area contributed by atoms with Crippen molar-refractivity contribution in [1.29, 1.82) is 0 Å². The number of furan rings is 1. The van der Waals surface area contributed by atoms with Crippen LogP contribution >= 0.6 is 0 Å². The molecule has 1 heterocycles. The number of amides is 1. The number of hydrogen-bond acceptors (Lipinski definition) is 4. The third-order valence-electron chi connectivity index (χ3n) is 4.48. The average molecular weight is 365 g/mol. The van der Waals surface area contributed by atoms with Gasteiger partial charge in [0.05, 0.1) is 0 Å². The number of carbonyl (C=O) groups excluding carboxylic acids is 2. The van der Waals surface area contributed by atoms with E-state index in [0.29, 0.717) is 11.1 Å². The summed E-state index contributed by atoms with van der Waals surface area (Å²) in [5.41, 5.74) is 2.57. The minimum atomic E-state index is -0.629. The highest BCUT2D eigenvalue weighted by Crippen LogP contribution is 2.25. The van der Waals surface area contributed by atoms with Gasteiger partial charge in [0.15, 0.2) is 6.61 Å². The van der Waals surface area contributed by atoms with Crippen LogP contribution in [0.15, 0.2) is 59.0 Å². The van der Waals surface area contributed by atoms with Crippen LogP contribution in [0.3, 0.4) is 0 Å². The lowest BCUT2D eigenvalue weighted by atomic mass is 10.1. The van der Waals surface area contributed by atoms with Crippen molar-refractivity contribution < 1.29 is 18.7 Å². The maximum absolute atomic E-state index is 12.2. The smallest absolute Gasteiger partial charge is 0.375 e. The molecule has 0 unspecified atom stereocenters. The summed E-state index contributed by atoms with van der Waals surface area (Å²) < 4.78 is 10.7. The molecule has 0 bridgehead atoms. The third-order valence-corrected chi connectivity index (χ3v) is 4.48. The monoisotopic (exact) mass is 365 g/mol. The molecule has 1 N–H and O–H groups in total. The van der Waals surface area contributed by atoms with Crippen LogP contribution in [0, 0.1) is 6.92 Å². The molecule has 0 aliphatic rings. The Hall–Kier alpha value is -3.08. The van der Waals surface area contributed by atoms with Gasteiger partial charge in [-0.05, 0) is 38.3 Å². The van der Waals surface area contributed by atoms with Gasteiger partial charge in [-0.1, -0.05) is 48.5 Å². The molecule has 5 nitrogen and oxygen atoms in total. The highest BCUT2D eigenvalue weighted by atomic mass is 16.5. The van der Waals surface area contributed by atoms with Gasteiger partial charge in [-0.15, -0.1) is 0 Å². The van der Waals surface area contributed by atoms with E-state index >= 15 is 0 Å². The standard InChI is InChI=1S/C22H23NO4/c1-15(12-13-17-8-4-3-5-9-17)23-20(24)14-26-22(25)21-16(2)18-10-6-7-11-19(18)27-21/h3-11,15H,12-14H2,1-2H3,(H,23,24)/t15-/m1/s1. The molecular formula is C22H23NO4. The van der Waals surface area contributed by atoms with E-state index < -0.39 is 5.97 Å². The predicted molar refractivity (Wildman–Crippen MR) is 104 cm³/mol. The van der Waals surface area contributed by atoms with Crippen LogP contribution in [0.4, 0.5) is 0 Å². The normalized spacial score (nSPS) is 11.9. The number of esters is 1. The first-order valence-electron chi connectivity index (χ1n) is 9.03. The first-order chi connectivity index (χ1) is 13.0. The molecule has 3 rings (SSSR count). The maximum atomic E-state index is 12.2. The molecule has 0 radical (unpaired) electrons. The molecule has 27 heavy (non-hydrogen) atoms. The van der Waals surface area contributed by atoms with E-state index in [4.69, 9.17) is 9.15 Å². The van der Waals surface area contributed by atoms with Crippen molar-refractivity contribution in [2.24, 2.45) is 0 Å². The number of para-hydroxylation sites is 1. The molecule has 1 atom stereocenters. The van der Waals surface area contributed by atoms with Crippen LogP contribution in [0.5, 0.6) is 0 Å². The van der Waals surface area contributed by atoms with Crippen molar-refractivity contribution in [3.8, 4) is 0 Å². The van der Waals surface area contributed by atoms with E-state index in [1.165, 1.54) is 5.56 Å². The Bertz CT molecular complexity index is 930. The topological polar surface area (TPSA) is 68.5 Å². The van der Waals surface area contributed by atoms with Gasteiger partial charge >= 0.3 is 5.97 Å². The summed E-state index contributed by atoms with van der Waals surface area (Å²) in [5.74, 6) is -0.811. The number of fused-ring (bicyclic) bond motifs is 1. The maximum Gasteiger partial charge on any atom is 0.375 e. The molecule has 2 aromatic carbocycles. The van der Waals surface area contributed by atoms with E-state index in [9.17, 15) is 9.59 Å². The summed E-state index contributed by atoms with van der Waals surface area (Å²) in [6.45, 7) is 3.41. The van der Waals surface area contributed by atoms with Crippen molar-refractivity contribution in [3.63, 3.8) is 0 Å². The number of ether oxygens (including phenoxy) is 1. The summed E-state index contributed by atoms with van der Waals surface area (Å²) in [7, 11) is 0. The van der Waals surface area contributed by atoms with Crippen molar-refractivity contribution in [3.05, 3.63) is 71.5 Å². The fourth-order valence-corrected chi connectivity index (χ4v) is 2.98. The Morgan fingerprint density at radius 3 is 2.52 bits per heavy atom. The number of nitrogens with one attached hydrogen (secondary N) is 1. The molecule has 1 aromatic heterocycles. The molecule has 140 valence electrons. The molecular weight excluding hydrogens is 342 g/mol. The zero-order valence-electron chi connectivity index (χ0n) is 15.5. The lowest BCUT2D eigenvalue weighted by Crippen LogP contribution is -2.36. The first-order valence-corrected chi connectivity index (χ1v) is 9.03. The third kappa shape index (κ3) is 4.76. The molecule has 0 spiro atoms. The van der Waals surface area contributed by atoms with E-state index in [1.807, 2.05) is 43.3 Å². The lowest BCUT2D eigenvalue weighted by molar-refractivity contribution is -0.124. The molecule has 0 saturated heterocycles. The van der Waals surface area contributed by atoms with Crippen molar-refractivity contribution >= 4 is 22.8 Å². The fraction of sp³-hybridized carbons (Fsp3) is 0.273. The summed E-state index contributed by atoms with van der Waals surface area (Å²) in [6.07, 6.45) is 1.69. The fourth-order valence-electron chi connectivity index (χ4n) is 2.98. The highest BCUT2D eigenvalue weighted by molar-refractivity contribution is 5.96. The van der Waals surface area contributed by atoms with Crippen molar-refractivity contribution in [2.45, 2.75) is 32.7 Å². The van der Waals surface area contributed by atoms with E-state index in [-0.39, 0.29) is 24.3 Å². The summed E-state index contributed by atoms with van der Waals surface area (Å²) in [5, 5.41) is 3.72. The molecule has 0 saturated carbocycles. The first kappa shape index (κ1) is 18.7. The molecule has 5 heteroatoms. The van der Waals surface area contributed by atoms with Crippen LogP contribution < -0.4 is 5.32 Å². The Morgan fingerprint density at radius 2 is 1.78 bits per heavy atom. The second-order valence-corrected chi connectivity index (χ2v) is 6.62. The quantitative estimate of drug-likeness (QED) is 0.642. The van der Waals surface area contributed by atoms with Crippen LogP contribution in [0.25, 0.3) is 11.0 Å². The minimum Gasteiger partial charge on any atom is -0.450 e. The van der Waals surface area contributed by atoms with Crippen LogP contribution in [0.1, 0.15) is 35.0 Å². The second-order valence-electron chi connectivity index (χ2n) is 6.62. The van der Waals surface area contributed by atoms with Gasteiger partial charge in [0.25, 0.3) is 5.91 Å². The van der Waals surface area contributed by atoms with Crippen LogP contribution in [-0.2, 0) is 16.0 Å². The Kier molecular flexibility index (Phi) is 5.91. The Labute approximate surface area is 158 Å². The van der Waals surface area contributed by atoms with Gasteiger partial charge in [-0.3, -0.25) is 4.79 Å². The van der Waals surface area contributed by atoms with Gasteiger partial charge < -0.3 is 14.5 Å². The average Bonchev–Trinajstić information content (AvgIpc) is 3.02. The largest absolute Gasteiger partial charge is 0.450 e. The van der Waals surface area contributed by atoms with E-state index in [2.05, 4.69) is 17.4 Å². The predicted octanol–water partition coefficient (Wildman–Crippen LogP) is 4.04. The van der Waals surface area contributed by atoms with Crippen molar-refractivity contribution in [1.82, 2.24) is 5.32 Å². The van der Waals surface area contributed by atoms with Gasteiger partial charge in [-0.25, -0.2) is 4.79 Å². The Morgan fingerprint density at radius 1 is 1.07 bits per heavy atom. The van der Waals surface area contributed by atoms with Crippen molar-refractivity contribution in [2.75, 3.05) is 6.61 Å². The van der Waals surface area contributed by atoms with Gasteiger partial charge in [0.2, 0.25) is 5.76 Å². The van der Waals surface area contributed by atoms with Gasteiger partial charge in [0, 0.05) is 17.0 Å². The lowest BCUT2D eigenvalue weighted by Gasteiger charge is -2.13. The molecule has 0 aliphatic carbocycles. The SMILES string of the molecule is Cc1c(C(=O)OCC(=O)N[C@H](C)CCc2ccccc2)oc2ccccc12. The summed E-state index contributed by atoms with van der Waals surface area (Å²) in [6, 6.07) is 17.5. The molecule has 3 aromatic rings. The number of hydrogen-bond donors (Lipinski definition) is 1. The molecule has 1 amide bonds.